The van der Waals surface area contributed by atoms with Gasteiger partial charge in [0.15, 0.2) is 0 Å². The van der Waals surface area contributed by atoms with E-state index in [0.29, 0.717) is 13.1 Å². The first-order valence-electron chi connectivity index (χ1n) is 4.16. The van der Waals surface area contributed by atoms with Gasteiger partial charge in [0.2, 0.25) is 5.91 Å². The molecule has 1 aliphatic rings. The fourth-order valence-electron chi connectivity index (χ4n) is 1.16. The molecule has 1 rings (SSSR count). The molecule has 1 aliphatic heterocycles. The van der Waals surface area contributed by atoms with Crippen LogP contribution in [0.2, 0.25) is 0 Å². The maximum Gasteiger partial charge on any atom is 0.303 e. The van der Waals surface area contributed by atoms with Crippen molar-refractivity contribution < 1.29 is 19.4 Å². The zero-order valence-electron chi connectivity index (χ0n) is 7.52. The Bertz CT molecular complexity index is 210. The predicted molar refractivity (Wildman–Crippen MR) is 44.2 cm³/mol. The van der Waals surface area contributed by atoms with E-state index in [9.17, 15) is 9.59 Å². The third-order valence-corrected chi connectivity index (χ3v) is 2.09. The van der Waals surface area contributed by atoms with Gasteiger partial charge in [-0.15, -0.1) is 0 Å². The molecular formula is C8H13NO4. The van der Waals surface area contributed by atoms with Crippen LogP contribution in [0.25, 0.3) is 0 Å². The number of carboxylic acid groups (broad SMARTS) is 1. The Morgan fingerprint density at radius 1 is 1.46 bits per heavy atom. The summed E-state index contributed by atoms with van der Waals surface area (Å²) in [6, 6.07) is 0. The summed E-state index contributed by atoms with van der Waals surface area (Å²) >= 11 is 0. The molecule has 0 aromatic carbocycles. The molecule has 0 aliphatic carbocycles. The Balaban J connectivity index is 2.16. The van der Waals surface area contributed by atoms with Gasteiger partial charge in [-0.2, -0.15) is 0 Å². The lowest BCUT2D eigenvalue weighted by Crippen LogP contribution is -2.54. The second-order valence-corrected chi connectivity index (χ2v) is 3.05. The number of carbonyl (C=O) groups excluding carboxylic acids is 1. The number of likely N-dealkylation sites (tertiary alicyclic amines) is 1. The number of hydrogen-bond acceptors (Lipinski definition) is 3. The maximum atomic E-state index is 11.2. The van der Waals surface area contributed by atoms with E-state index in [-0.39, 0.29) is 24.9 Å². The Kier molecular flexibility index (Phi) is 3.25. The molecule has 0 atom stereocenters. The van der Waals surface area contributed by atoms with Gasteiger partial charge in [0.05, 0.1) is 12.5 Å². The summed E-state index contributed by atoms with van der Waals surface area (Å²) in [4.78, 5) is 23.0. The van der Waals surface area contributed by atoms with Gasteiger partial charge in [0.1, 0.15) is 0 Å². The number of hydrogen-bond donors (Lipinski definition) is 1. The molecule has 74 valence electrons. The minimum Gasteiger partial charge on any atom is -0.481 e. The minimum atomic E-state index is -0.933. The van der Waals surface area contributed by atoms with E-state index >= 15 is 0 Å². The highest BCUT2D eigenvalue weighted by molar-refractivity contribution is 5.81. The van der Waals surface area contributed by atoms with Crippen LogP contribution < -0.4 is 0 Å². The van der Waals surface area contributed by atoms with Crippen LogP contribution in [0.4, 0.5) is 0 Å². The van der Waals surface area contributed by atoms with Crippen LogP contribution >= 0.6 is 0 Å². The Morgan fingerprint density at radius 3 is 2.54 bits per heavy atom. The first-order chi connectivity index (χ1) is 6.13. The molecule has 0 spiro atoms. The maximum absolute atomic E-state index is 11.2. The molecule has 13 heavy (non-hydrogen) atoms. The average Bonchev–Trinajstić information content (AvgIpc) is 1.99. The van der Waals surface area contributed by atoms with Crippen LogP contribution in [0.5, 0.6) is 0 Å². The van der Waals surface area contributed by atoms with Crippen molar-refractivity contribution in [1.82, 2.24) is 4.90 Å². The summed E-state index contributed by atoms with van der Waals surface area (Å²) < 4.78 is 4.98. The van der Waals surface area contributed by atoms with Crippen molar-refractivity contribution in [3.05, 3.63) is 0 Å². The summed E-state index contributed by atoms with van der Waals surface area (Å²) in [5.74, 6) is -1.03. The second kappa shape index (κ2) is 4.23. The Hall–Kier alpha value is -1.10. The van der Waals surface area contributed by atoms with E-state index in [1.54, 1.807) is 12.0 Å². The number of nitrogens with zero attached hydrogens (tertiary/aromatic N) is 1. The average molecular weight is 187 g/mol. The van der Waals surface area contributed by atoms with E-state index in [0.717, 1.165) is 0 Å². The number of rotatable bonds is 4. The lowest BCUT2D eigenvalue weighted by atomic mass is 10.1. The topological polar surface area (TPSA) is 66.8 Å². The number of methoxy groups -OCH3 is 1. The third kappa shape index (κ3) is 2.69. The van der Waals surface area contributed by atoms with Gasteiger partial charge in [0, 0.05) is 26.6 Å². The molecule has 0 unspecified atom stereocenters. The van der Waals surface area contributed by atoms with Gasteiger partial charge < -0.3 is 14.7 Å². The molecule has 5 heteroatoms. The normalized spacial score (nSPS) is 16.8. The molecule has 0 bridgehead atoms. The van der Waals surface area contributed by atoms with E-state index in [2.05, 4.69) is 0 Å². The van der Waals surface area contributed by atoms with Crippen molar-refractivity contribution in [1.29, 1.82) is 0 Å². The van der Waals surface area contributed by atoms with Gasteiger partial charge in [-0.05, 0) is 0 Å². The van der Waals surface area contributed by atoms with E-state index in [1.807, 2.05) is 0 Å². The Morgan fingerprint density at radius 2 is 2.08 bits per heavy atom. The zero-order chi connectivity index (χ0) is 9.84. The van der Waals surface area contributed by atoms with Gasteiger partial charge >= 0.3 is 5.97 Å². The number of carboxylic acids is 1. The molecular weight excluding hydrogens is 174 g/mol. The van der Waals surface area contributed by atoms with Gasteiger partial charge in [-0.3, -0.25) is 9.59 Å². The highest BCUT2D eigenvalue weighted by Gasteiger charge is 2.30. The van der Waals surface area contributed by atoms with Crippen LogP contribution in [0, 0.1) is 0 Å². The van der Waals surface area contributed by atoms with Crippen molar-refractivity contribution >= 4 is 11.9 Å². The smallest absolute Gasteiger partial charge is 0.303 e. The molecule has 5 nitrogen and oxygen atoms in total. The van der Waals surface area contributed by atoms with Crippen molar-refractivity contribution in [2.45, 2.75) is 18.9 Å². The molecule has 0 aromatic rings. The second-order valence-electron chi connectivity index (χ2n) is 3.05. The highest BCUT2D eigenvalue weighted by atomic mass is 16.5. The summed E-state index contributed by atoms with van der Waals surface area (Å²) in [6.45, 7) is 1.18. The van der Waals surface area contributed by atoms with Crippen LogP contribution in [0.1, 0.15) is 12.8 Å². The van der Waals surface area contributed by atoms with E-state index in [1.165, 1.54) is 0 Å². The van der Waals surface area contributed by atoms with Crippen molar-refractivity contribution in [3.63, 3.8) is 0 Å². The van der Waals surface area contributed by atoms with Crippen molar-refractivity contribution in [3.8, 4) is 0 Å². The highest BCUT2D eigenvalue weighted by Crippen LogP contribution is 2.12. The molecule has 0 radical (unpaired) electrons. The SMILES string of the molecule is COC1CN(C(=O)CCC(=O)O)C1. The monoisotopic (exact) mass is 187 g/mol. The molecule has 1 fully saturated rings. The van der Waals surface area contributed by atoms with Crippen LogP contribution in [-0.4, -0.2) is 48.2 Å². The zero-order valence-corrected chi connectivity index (χ0v) is 7.52. The van der Waals surface area contributed by atoms with Crippen LogP contribution in [-0.2, 0) is 14.3 Å². The molecule has 0 saturated carbocycles. The van der Waals surface area contributed by atoms with Crippen molar-refractivity contribution in [2.24, 2.45) is 0 Å². The molecule has 1 heterocycles. The number of amides is 1. The number of ether oxygens (including phenoxy) is 1. The number of aliphatic carboxylic acids is 1. The molecule has 1 amide bonds. The summed E-state index contributed by atoms with van der Waals surface area (Å²) in [6.07, 6.45) is 0.132. The molecule has 0 aromatic heterocycles. The first-order valence-corrected chi connectivity index (χ1v) is 4.16. The van der Waals surface area contributed by atoms with Gasteiger partial charge in [0.25, 0.3) is 0 Å². The van der Waals surface area contributed by atoms with Gasteiger partial charge in [-0.1, -0.05) is 0 Å². The summed E-state index contributed by atoms with van der Waals surface area (Å²) in [5.41, 5.74) is 0. The largest absolute Gasteiger partial charge is 0.481 e. The quantitative estimate of drug-likeness (QED) is 0.656. The van der Waals surface area contributed by atoms with Gasteiger partial charge in [-0.25, -0.2) is 0 Å². The predicted octanol–water partition coefficient (Wildman–Crippen LogP) is -0.292. The molecule has 1 N–H and O–H groups in total. The fourth-order valence-corrected chi connectivity index (χ4v) is 1.16. The van der Waals surface area contributed by atoms with E-state index < -0.39 is 5.97 Å². The molecule has 1 saturated heterocycles. The fraction of sp³-hybridized carbons (Fsp3) is 0.750. The Labute approximate surface area is 76.3 Å². The van der Waals surface area contributed by atoms with Crippen LogP contribution in [0.15, 0.2) is 0 Å². The summed E-state index contributed by atoms with van der Waals surface area (Å²) in [5, 5.41) is 8.34. The lowest BCUT2D eigenvalue weighted by molar-refractivity contribution is -0.146. The standard InChI is InChI=1S/C8H13NO4/c1-13-6-4-9(5-6)7(10)2-3-8(11)12/h6H,2-5H2,1H3,(H,11,12). The minimum absolute atomic E-state index is 0.0891. The van der Waals surface area contributed by atoms with Crippen LogP contribution in [0.3, 0.4) is 0 Å². The lowest BCUT2D eigenvalue weighted by Gasteiger charge is -2.38. The van der Waals surface area contributed by atoms with Crippen molar-refractivity contribution in [2.75, 3.05) is 20.2 Å². The third-order valence-electron chi connectivity index (χ3n) is 2.09. The van der Waals surface area contributed by atoms with E-state index in [4.69, 9.17) is 9.84 Å². The summed E-state index contributed by atoms with van der Waals surface area (Å²) in [7, 11) is 1.60. The number of carbonyl (C=O) groups is 2. The first kappa shape index (κ1) is 9.98.